The minimum absolute atomic E-state index is 0.129. The molecule has 5 heteroatoms. The summed E-state index contributed by atoms with van der Waals surface area (Å²) in [6.07, 6.45) is 3.17. The van der Waals surface area contributed by atoms with Gasteiger partial charge in [0.25, 0.3) is 0 Å². The molecule has 1 fully saturated rings. The fourth-order valence-corrected chi connectivity index (χ4v) is 3.47. The Hall–Kier alpha value is -0.910. The first-order chi connectivity index (χ1) is 8.56. The van der Waals surface area contributed by atoms with Crippen molar-refractivity contribution in [3.63, 3.8) is 0 Å². The van der Waals surface area contributed by atoms with Gasteiger partial charge in [-0.15, -0.1) is 0 Å². The molecule has 2 atom stereocenters. The number of benzene rings is 1. The highest BCUT2D eigenvalue weighted by Gasteiger charge is 2.39. The van der Waals surface area contributed by atoms with Gasteiger partial charge in [-0.2, -0.15) is 0 Å². The van der Waals surface area contributed by atoms with E-state index in [9.17, 15) is 8.42 Å². The van der Waals surface area contributed by atoms with Crippen LogP contribution in [0.2, 0.25) is 0 Å². The van der Waals surface area contributed by atoms with Crippen LogP contribution >= 0.6 is 0 Å². The largest absolute Gasteiger partial charge is 0.326 e. The highest BCUT2D eigenvalue weighted by molar-refractivity contribution is 7.89. The summed E-state index contributed by atoms with van der Waals surface area (Å²) in [4.78, 5) is 0.321. The predicted octanol–water partition coefficient (Wildman–Crippen LogP) is 1.61. The average molecular weight is 268 g/mol. The van der Waals surface area contributed by atoms with Gasteiger partial charge in [0.05, 0.1) is 4.90 Å². The molecule has 1 aromatic rings. The van der Waals surface area contributed by atoms with Gasteiger partial charge in [0, 0.05) is 12.6 Å². The summed E-state index contributed by atoms with van der Waals surface area (Å²) < 4.78 is 26.9. The normalized spacial score (nSPS) is 23.0. The second-order valence-corrected chi connectivity index (χ2v) is 6.57. The zero-order chi connectivity index (χ0) is 13.2. The first kappa shape index (κ1) is 13.5. The van der Waals surface area contributed by atoms with E-state index in [0.717, 1.165) is 24.8 Å². The van der Waals surface area contributed by atoms with Gasteiger partial charge < -0.3 is 5.73 Å². The molecule has 0 bridgehead atoms. The van der Waals surface area contributed by atoms with Gasteiger partial charge in [-0.25, -0.2) is 13.1 Å². The summed E-state index contributed by atoms with van der Waals surface area (Å²) in [7, 11) is -3.36. The summed E-state index contributed by atoms with van der Waals surface area (Å²) >= 11 is 0. The molecule has 2 unspecified atom stereocenters. The third-order valence-corrected chi connectivity index (χ3v) is 4.86. The molecule has 0 spiro atoms. The average Bonchev–Trinajstić information content (AvgIpc) is 3.07. The number of rotatable bonds is 6. The molecule has 4 nitrogen and oxygen atoms in total. The molecular weight excluding hydrogens is 248 g/mol. The molecule has 0 saturated heterocycles. The summed E-state index contributed by atoms with van der Waals surface area (Å²) in [6, 6.07) is 6.86. The van der Waals surface area contributed by atoms with Crippen molar-refractivity contribution >= 4 is 10.0 Å². The molecule has 1 aliphatic rings. The van der Waals surface area contributed by atoms with E-state index in [1.807, 2.05) is 0 Å². The summed E-state index contributed by atoms with van der Waals surface area (Å²) in [5.41, 5.74) is 6.42. The SMILES string of the molecule is CCCC1CC1NS(=O)(=O)c1ccc(CN)cc1. The lowest BCUT2D eigenvalue weighted by Gasteiger charge is -2.07. The molecule has 0 aromatic heterocycles. The van der Waals surface area contributed by atoms with Crippen molar-refractivity contribution in [1.29, 1.82) is 0 Å². The third-order valence-electron chi connectivity index (χ3n) is 3.36. The monoisotopic (exact) mass is 268 g/mol. The van der Waals surface area contributed by atoms with Gasteiger partial charge in [-0.05, 0) is 36.5 Å². The Morgan fingerprint density at radius 2 is 2.00 bits per heavy atom. The quantitative estimate of drug-likeness (QED) is 0.823. The van der Waals surface area contributed by atoms with Crippen LogP contribution in [-0.4, -0.2) is 14.5 Å². The molecule has 18 heavy (non-hydrogen) atoms. The van der Waals surface area contributed by atoms with Crippen LogP contribution in [0.3, 0.4) is 0 Å². The maximum absolute atomic E-state index is 12.1. The fraction of sp³-hybridized carbons (Fsp3) is 0.538. The van der Waals surface area contributed by atoms with Crippen molar-refractivity contribution in [2.45, 2.75) is 43.7 Å². The van der Waals surface area contributed by atoms with Crippen LogP contribution in [0, 0.1) is 5.92 Å². The summed E-state index contributed by atoms with van der Waals surface area (Å²) in [6.45, 7) is 2.55. The van der Waals surface area contributed by atoms with E-state index in [0.29, 0.717) is 17.4 Å². The smallest absolute Gasteiger partial charge is 0.240 e. The van der Waals surface area contributed by atoms with Crippen LogP contribution in [0.1, 0.15) is 31.7 Å². The Morgan fingerprint density at radius 3 is 2.56 bits per heavy atom. The second kappa shape index (κ2) is 5.38. The van der Waals surface area contributed by atoms with Crippen LogP contribution in [-0.2, 0) is 16.6 Å². The Kier molecular flexibility index (Phi) is 4.04. The van der Waals surface area contributed by atoms with E-state index in [4.69, 9.17) is 5.73 Å². The molecule has 1 aliphatic carbocycles. The molecule has 1 saturated carbocycles. The zero-order valence-electron chi connectivity index (χ0n) is 10.6. The van der Waals surface area contributed by atoms with Crippen LogP contribution < -0.4 is 10.5 Å². The lowest BCUT2D eigenvalue weighted by Crippen LogP contribution is -2.27. The van der Waals surface area contributed by atoms with Gasteiger partial charge in [0.1, 0.15) is 0 Å². The van der Waals surface area contributed by atoms with E-state index in [1.165, 1.54) is 0 Å². The predicted molar refractivity (Wildman–Crippen MR) is 71.5 cm³/mol. The Labute approximate surface area is 109 Å². The highest BCUT2D eigenvalue weighted by atomic mass is 32.2. The van der Waals surface area contributed by atoms with Crippen LogP contribution in [0.5, 0.6) is 0 Å². The van der Waals surface area contributed by atoms with Crippen LogP contribution in [0.4, 0.5) is 0 Å². The number of nitrogens with two attached hydrogens (primary N) is 1. The second-order valence-electron chi connectivity index (χ2n) is 4.86. The maximum atomic E-state index is 12.1. The Bertz CT molecular complexity index is 496. The fourth-order valence-electron chi connectivity index (χ4n) is 2.15. The molecule has 1 aromatic carbocycles. The molecular formula is C13H20N2O2S. The lowest BCUT2D eigenvalue weighted by molar-refractivity contribution is 0.573. The Balaban J connectivity index is 2.02. The number of sulfonamides is 1. The van der Waals surface area contributed by atoms with Crippen molar-refractivity contribution in [3.05, 3.63) is 29.8 Å². The molecule has 3 N–H and O–H groups in total. The van der Waals surface area contributed by atoms with Gasteiger partial charge in [0.15, 0.2) is 0 Å². The summed E-state index contributed by atoms with van der Waals surface area (Å²) in [5, 5.41) is 0. The van der Waals surface area contributed by atoms with Gasteiger partial charge in [-0.3, -0.25) is 0 Å². The van der Waals surface area contributed by atoms with Crippen LogP contribution in [0.25, 0.3) is 0 Å². The minimum Gasteiger partial charge on any atom is -0.326 e. The summed E-state index contributed by atoms with van der Waals surface area (Å²) in [5.74, 6) is 0.521. The minimum atomic E-state index is -3.36. The van der Waals surface area contributed by atoms with Crippen molar-refractivity contribution < 1.29 is 8.42 Å². The van der Waals surface area contributed by atoms with Gasteiger partial charge >= 0.3 is 0 Å². The lowest BCUT2D eigenvalue weighted by atomic mass is 10.2. The third kappa shape index (κ3) is 3.10. The van der Waals surface area contributed by atoms with Gasteiger partial charge in [0.2, 0.25) is 10.0 Å². The molecule has 0 amide bonds. The zero-order valence-corrected chi connectivity index (χ0v) is 11.4. The Morgan fingerprint density at radius 1 is 1.33 bits per heavy atom. The maximum Gasteiger partial charge on any atom is 0.240 e. The molecule has 0 radical (unpaired) electrons. The highest BCUT2D eigenvalue weighted by Crippen LogP contribution is 2.35. The topological polar surface area (TPSA) is 72.2 Å². The van der Waals surface area contributed by atoms with E-state index >= 15 is 0 Å². The van der Waals surface area contributed by atoms with Crippen molar-refractivity contribution in [2.24, 2.45) is 11.7 Å². The van der Waals surface area contributed by atoms with E-state index in [-0.39, 0.29) is 6.04 Å². The van der Waals surface area contributed by atoms with E-state index < -0.39 is 10.0 Å². The van der Waals surface area contributed by atoms with Gasteiger partial charge in [-0.1, -0.05) is 25.5 Å². The molecule has 0 aliphatic heterocycles. The van der Waals surface area contributed by atoms with Crippen molar-refractivity contribution in [3.8, 4) is 0 Å². The molecule has 0 heterocycles. The molecule has 100 valence electrons. The van der Waals surface area contributed by atoms with E-state index in [2.05, 4.69) is 11.6 Å². The van der Waals surface area contributed by atoms with Crippen molar-refractivity contribution in [1.82, 2.24) is 4.72 Å². The molecule has 2 rings (SSSR count). The number of hydrogen-bond donors (Lipinski definition) is 2. The first-order valence-corrected chi connectivity index (χ1v) is 7.86. The standard InChI is InChI=1S/C13H20N2O2S/c1-2-3-11-8-13(11)15-18(16,17)12-6-4-10(9-14)5-7-12/h4-7,11,13,15H,2-3,8-9,14H2,1H3. The number of hydrogen-bond acceptors (Lipinski definition) is 3. The van der Waals surface area contributed by atoms with Crippen molar-refractivity contribution in [2.75, 3.05) is 0 Å². The van der Waals surface area contributed by atoms with E-state index in [1.54, 1.807) is 24.3 Å². The van der Waals surface area contributed by atoms with Crippen LogP contribution in [0.15, 0.2) is 29.2 Å². The first-order valence-electron chi connectivity index (χ1n) is 6.38. The number of nitrogens with one attached hydrogen (secondary N) is 1.